The van der Waals surface area contributed by atoms with Crippen molar-refractivity contribution >= 4 is 46.0 Å². The predicted octanol–water partition coefficient (Wildman–Crippen LogP) is 4.13. The second-order valence-corrected chi connectivity index (χ2v) is 7.11. The molecule has 2 aliphatic heterocycles. The highest BCUT2D eigenvalue weighted by atomic mass is 32.2. The number of hydrogen-bond acceptors (Lipinski definition) is 5. The number of fused-ring (bicyclic) bond motifs is 1. The fraction of sp³-hybridized carbons (Fsp3) is 0.111. The van der Waals surface area contributed by atoms with Crippen LogP contribution in [0.5, 0.6) is 11.5 Å². The van der Waals surface area contributed by atoms with Gasteiger partial charge in [-0.2, -0.15) is 0 Å². The highest BCUT2D eigenvalue weighted by Crippen LogP contribution is 2.40. The van der Waals surface area contributed by atoms with Crippen molar-refractivity contribution in [2.75, 3.05) is 11.7 Å². The summed E-state index contributed by atoms with van der Waals surface area (Å²) in [7, 11) is 0. The molecule has 0 aromatic heterocycles. The van der Waals surface area contributed by atoms with Crippen LogP contribution in [-0.4, -0.2) is 17.0 Å². The number of nitrogens with zero attached hydrogens (tertiary/aromatic N) is 1. The van der Waals surface area contributed by atoms with Gasteiger partial charge in [0.15, 0.2) is 15.8 Å². The lowest BCUT2D eigenvalue weighted by Crippen LogP contribution is -2.27. The zero-order chi connectivity index (χ0) is 16.7. The Hall–Kier alpha value is -2.31. The zero-order valence-corrected chi connectivity index (χ0v) is 14.4. The van der Waals surface area contributed by atoms with Gasteiger partial charge in [-0.1, -0.05) is 53.8 Å². The minimum Gasteiger partial charge on any atom is -0.454 e. The van der Waals surface area contributed by atoms with Crippen molar-refractivity contribution in [2.24, 2.45) is 0 Å². The van der Waals surface area contributed by atoms with Gasteiger partial charge < -0.3 is 9.47 Å². The number of para-hydroxylation sites is 1. The number of ether oxygens (including phenoxy) is 2. The van der Waals surface area contributed by atoms with Gasteiger partial charge in [0.2, 0.25) is 6.79 Å². The van der Waals surface area contributed by atoms with Crippen molar-refractivity contribution in [3.63, 3.8) is 0 Å². The lowest BCUT2D eigenvalue weighted by atomic mass is 10.1. The van der Waals surface area contributed by atoms with E-state index in [-0.39, 0.29) is 12.7 Å². The molecule has 0 aliphatic carbocycles. The van der Waals surface area contributed by atoms with Gasteiger partial charge in [-0.3, -0.25) is 9.69 Å². The number of aryl methyl sites for hydroxylation is 1. The summed E-state index contributed by atoms with van der Waals surface area (Å²) in [5, 5.41) is 0. The smallest absolute Gasteiger partial charge is 0.270 e. The number of benzene rings is 2. The third kappa shape index (κ3) is 2.57. The van der Waals surface area contributed by atoms with Crippen LogP contribution in [0, 0.1) is 6.92 Å². The second kappa shape index (κ2) is 5.96. The van der Waals surface area contributed by atoms with Gasteiger partial charge in [0, 0.05) is 5.56 Å². The van der Waals surface area contributed by atoms with Crippen LogP contribution >= 0.6 is 24.0 Å². The van der Waals surface area contributed by atoms with E-state index in [9.17, 15) is 4.79 Å². The Morgan fingerprint density at radius 1 is 1.17 bits per heavy atom. The van der Waals surface area contributed by atoms with E-state index in [0.29, 0.717) is 20.7 Å². The lowest BCUT2D eigenvalue weighted by Gasteiger charge is -2.14. The topological polar surface area (TPSA) is 38.8 Å². The first-order valence-electron chi connectivity index (χ1n) is 7.37. The summed E-state index contributed by atoms with van der Waals surface area (Å²) < 4.78 is 11.4. The number of hydrogen-bond donors (Lipinski definition) is 0. The summed E-state index contributed by atoms with van der Waals surface area (Å²) in [5.74, 6) is 1.24. The average molecular weight is 355 g/mol. The molecule has 1 fully saturated rings. The minimum atomic E-state index is -0.120. The Bertz CT molecular complexity index is 874. The summed E-state index contributed by atoms with van der Waals surface area (Å²) in [6.07, 6.45) is 1.81. The van der Waals surface area contributed by atoms with Crippen molar-refractivity contribution in [3.8, 4) is 11.5 Å². The van der Waals surface area contributed by atoms with Crippen LogP contribution in [-0.2, 0) is 4.79 Å². The summed E-state index contributed by atoms with van der Waals surface area (Å²) in [6.45, 7) is 2.20. The predicted molar refractivity (Wildman–Crippen MR) is 99.4 cm³/mol. The van der Waals surface area contributed by atoms with E-state index in [1.165, 1.54) is 11.8 Å². The van der Waals surface area contributed by atoms with E-state index in [1.54, 1.807) is 11.0 Å². The number of anilines is 1. The van der Waals surface area contributed by atoms with E-state index >= 15 is 0 Å². The molecule has 2 aromatic carbocycles. The molecule has 2 aromatic rings. The zero-order valence-electron chi connectivity index (χ0n) is 12.8. The van der Waals surface area contributed by atoms with Crippen LogP contribution < -0.4 is 14.4 Å². The molecule has 1 amide bonds. The van der Waals surface area contributed by atoms with Crippen molar-refractivity contribution in [1.29, 1.82) is 0 Å². The Kier molecular flexibility index (Phi) is 3.78. The molecule has 0 spiro atoms. The molecular formula is C18H13NO3S2. The lowest BCUT2D eigenvalue weighted by molar-refractivity contribution is -0.113. The molecule has 4 rings (SSSR count). The number of carbonyl (C=O) groups excluding carboxylic acids is 1. The van der Waals surface area contributed by atoms with Crippen LogP contribution in [0.4, 0.5) is 5.69 Å². The molecule has 6 heteroatoms. The summed E-state index contributed by atoms with van der Waals surface area (Å²) >= 11 is 6.69. The van der Waals surface area contributed by atoms with Crippen molar-refractivity contribution in [2.45, 2.75) is 6.92 Å². The van der Waals surface area contributed by atoms with Crippen molar-refractivity contribution in [3.05, 3.63) is 58.5 Å². The summed E-state index contributed by atoms with van der Waals surface area (Å²) in [4.78, 5) is 14.9. The maximum Gasteiger partial charge on any atom is 0.270 e. The number of amides is 1. The van der Waals surface area contributed by atoms with E-state index in [2.05, 4.69) is 0 Å². The molecule has 0 saturated carbocycles. The van der Waals surface area contributed by atoms with Gasteiger partial charge in [0.05, 0.1) is 10.6 Å². The van der Waals surface area contributed by atoms with Crippen LogP contribution in [0.1, 0.15) is 11.1 Å². The molecule has 24 heavy (non-hydrogen) atoms. The first kappa shape index (κ1) is 15.2. The SMILES string of the molecule is Cc1ccc(N2C(=O)/C(=C\c3cccc4c3OCO4)SC2=S)cc1. The molecule has 0 atom stereocenters. The first-order valence-corrected chi connectivity index (χ1v) is 8.59. The maximum atomic E-state index is 12.8. The van der Waals surface area contributed by atoms with Gasteiger partial charge in [0.1, 0.15) is 0 Å². The van der Waals surface area contributed by atoms with E-state index in [1.807, 2.05) is 49.4 Å². The molecule has 2 heterocycles. The Balaban J connectivity index is 1.69. The Morgan fingerprint density at radius 3 is 2.75 bits per heavy atom. The van der Waals surface area contributed by atoms with Crippen LogP contribution in [0.3, 0.4) is 0 Å². The molecule has 0 unspecified atom stereocenters. The fourth-order valence-electron chi connectivity index (χ4n) is 2.59. The molecule has 0 bridgehead atoms. The number of rotatable bonds is 2. The quantitative estimate of drug-likeness (QED) is 0.598. The van der Waals surface area contributed by atoms with E-state index in [4.69, 9.17) is 21.7 Å². The van der Waals surface area contributed by atoms with Gasteiger partial charge >= 0.3 is 0 Å². The second-order valence-electron chi connectivity index (χ2n) is 5.43. The molecule has 120 valence electrons. The average Bonchev–Trinajstić information content (AvgIpc) is 3.15. The monoisotopic (exact) mass is 355 g/mol. The van der Waals surface area contributed by atoms with E-state index < -0.39 is 0 Å². The standard InChI is InChI=1S/C18H13NO3S2/c1-11-5-7-13(8-6-11)19-17(20)15(24-18(19)23)9-12-3-2-4-14-16(12)22-10-21-14/h2-9H,10H2,1H3/b15-9+. The van der Waals surface area contributed by atoms with Crippen molar-refractivity contribution in [1.82, 2.24) is 0 Å². The van der Waals surface area contributed by atoms with Crippen molar-refractivity contribution < 1.29 is 14.3 Å². The number of thioether (sulfide) groups is 1. The van der Waals surface area contributed by atoms with Gasteiger partial charge in [-0.05, 0) is 31.2 Å². The summed E-state index contributed by atoms with van der Waals surface area (Å²) in [5.41, 5.74) is 2.73. The molecule has 0 radical (unpaired) electrons. The molecular weight excluding hydrogens is 342 g/mol. The third-order valence-corrected chi connectivity index (χ3v) is 5.10. The Labute approximate surface area is 149 Å². The number of carbonyl (C=O) groups is 1. The molecule has 0 N–H and O–H groups in total. The first-order chi connectivity index (χ1) is 11.6. The number of thiocarbonyl (C=S) groups is 1. The fourth-order valence-corrected chi connectivity index (χ4v) is 3.88. The van der Waals surface area contributed by atoms with E-state index in [0.717, 1.165) is 16.8 Å². The minimum absolute atomic E-state index is 0.120. The van der Waals surface area contributed by atoms with Gasteiger partial charge in [-0.15, -0.1) is 0 Å². The normalized spacial score (nSPS) is 17.9. The highest BCUT2D eigenvalue weighted by Gasteiger charge is 2.33. The van der Waals surface area contributed by atoms with Gasteiger partial charge in [0.25, 0.3) is 5.91 Å². The molecule has 2 aliphatic rings. The molecule has 4 nitrogen and oxygen atoms in total. The largest absolute Gasteiger partial charge is 0.454 e. The molecule has 1 saturated heterocycles. The summed E-state index contributed by atoms with van der Waals surface area (Å²) in [6, 6.07) is 13.4. The van der Waals surface area contributed by atoms with Gasteiger partial charge in [-0.25, -0.2) is 0 Å². The van der Waals surface area contributed by atoms with Crippen LogP contribution in [0.2, 0.25) is 0 Å². The Morgan fingerprint density at radius 2 is 1.96 bits per heavy atom. The van der Waals surface area contributed by atoms with Crippen LogP contribution in [0.15, 0.2) is 47.4 Å². The van der Waals surface area contributed by atoms with Crippen LogP contribution in [0.25, 0.3) is 6.08 Å². The third-order valence-electron chi connectivity index (χ3n) is 3.80. The highest BCUT2D eigenvalue weighted by molar-refractivity contribution is 8.27. The maximum absolute atomic E-state index is 12.8.